The van der Waals surface area contributed by atoms with Crippen molar-refractivity contribution in [3.8, 4) is 0 Å². The van der Waals surface area contributed by atoms with Crippen molar-refractivity contribution < 1.29 is 19.4 Å². The van der Waals surface area contributed by atoms with Crippen LogP contribution in [0.4, 0.5) is 0 Å². The number of carbonyl (C=O) groups excluding carboxylic acids is 1. The van der Waals surface area contributed by atoms with Gasteiger partial charge in [-0.2, -0.15) is 0 Å². The fourth-order valence-electron chi connectivity index (χ4n) is 2.81. The third kappa shape index (κ3) is 13.2. The van der Waals surface area contributed by atoms with Crippen molar-refractivity contribution in [2.24, 2.45) is 0 Å². The molecule has 1 N–H and O–H groups in total. The standard InChI is InChI=1S/C25H34O4/c1-2-3-4-5-6-8-14-19-23(20-15-9-7-10-16-21-24(26)27)29-25(28)22-17-12-11-13-18-22/h3-4,6,8,11-14,17-19,23H,2,5,7,9-10,15-16,20-21H2,1H3,(H,26,27). The fraction of sp³-hybridized carbons (Fsp3) is 0.440. The summed E-state index contributed by atoms with van der Waals surface area (Å²) in [5.41, 5.74) is 0.555. The third-order valence-corrected chi connectivity index (χ3v) is 4.39. The zero-order valence-electron chi connectivity index (χ0n) is 17.5. The zero-order valence-corrected chi connectivity index (χ0v) is 17.5. The van der Waals surface area contributed by atoms with Crippen LogP contribution in [0.25, 0.3) is 0 Å². The summed E-state index contributed by atoms with van der Waals surface area (Å²) in [6.45, 7) is 2.11. The number of ether oxygens (including phenoxy) is 1. The Balaban J connectivity index is 2.48. The number of benzene rings is 1. The lowest BCUT2D eigenvalue weighted by Gasteiger charge is -2.14. The molecule has 4 heteroatoms. The molecule has 4 nitrogen and oxygen atoms in total. The number of aliphatic carboxylic acids is 1. The Hall–Kier alpha value is -2.62. The largest absolute Gasteiger partial charge is 0.481 e. The molecule has 0 spiro atoms. The van der Waals surface area contributed by atoms with Crippen molar-refractivity contribution in [3.63, 3.8) is 0 Å². The first-order chi connectivity index (χ1) is 14.1. The fourth-order valence-corrected chi connectivity index (χ4v) is 2.81. The first-order valence-corrected chi connectivity index (χ1v) is 10.6. The second-order valence-corrected chi connectivity index (χ2v) is 6.94. The van der Waals surface area contributed by atoms with Crippen molar-refractivity contribution in [1.29, 1.82) is 0 Å². The van der Waals surface area contributed by atoms with Crippen LogP contribution in [-0.2, 0) is 9.53 Å². The highest BCUT2D eigenvalue weighted by Crippen LogP contribution is 2.14. The van der Waals surface area contributed by atoms with Gasteiger partial charge in [-0.25, -0.2) is 4.79 Å². The molecular weight excluding hydrogens is 364 g/mol. The lowest BCUT2D eigenvalue weighted by atomic mass is 10.1. The Kier molecular flexibility index (Phi) is 13.8. The number of unbranched alkanes of at least 4 members (excludes halogenated alkanes) is 4. The molecule has 158 valence electrons. The lowest BCUT2D eigenvalue weighted by Crippen LogP contribution is -2.16. The minimum Gasteiger partial charge on any atom is -0.481 e. The van der Waals surface area contributed by atoms with Crippen LogP contribution in [0.2, 0.25) is 0 Å². The van der Waals surface area contributed by atoms with Gasteiger partial charge in [0, 0.05) is 6.42 Å². The topological polar surface area (TPSA) is 63.6 Å². The summed E-state index contributed by atoms with van der Waals surface area (Å²) in [4.78, 5) is 22.9. The van der Waals surface area contributed by atoms with Gasteiger partial charge in [-0.1, -0.05) is 74.8 Å². The van der Waals surface area contributed by atoms with E-state index in [0.29, 0.717) is 5.56 Å². The van der Waals surface area contributed by atoms with E-state index in [9.17, 15) is 9.59 Å². The van der Waals surface area contributed by atoms with Gasteiger partial charge in [0.15, 0.2) is 0 Å². The maximum Gasteiger partial charge on any atom is 0.338 e. The molecule has 0 radical (unpaired) electrons. The van der Waals surface area contributed by atoms with Crippen molar-refractivity contribution in [3.05, 3.63) is 72.4 Å². The van der Waals surface area contributed by atoms with Gasteiger partial charge in [-0.05, 0) is 50.3 Å². The number of carboxylic acid groups (broad SMARTS) is 1. The van der Waals surface area contributed by atoms with Crippen molar-refractivity contribution in [2.45, 2.75) is 70.8 Å². The molecule has 1 aromatic carbocycles. The van der Waals surface area contributed by atoms with E-state index in [1.54, 1.807) is 12.1 Å². The quantitative estimate of drug-likeness (QED) is 0.159. The van der Waals surface area contributed by atoms with Gasteiger partial charge in [0.25, 0.3) is 0 Å². The number of rotatable bonds is 15. The van der Waals surface area contributed by atoms with Crippen LogP contribution in [-0.4, -0.2) is 23.1 Å². The summed E-state index contributed by atoms with van der Waals surface area (Å²) in [6, 6.07) is 9.03. The SMILES string of the molecule is CCC=CCC=CC=CC(CCCCCCCC(=O)O)OC(=O)c1ccccc1. The second kappa shape index (κ2) is 16.3. The van der Waals surface area contributed by atoms with Crippen LogP contribution < -0.4 is 0 Å². The van der Waals surface area contributed by atoms with Crippen LogP contribution in [0.5, 0.6) is 0 Å². The van der Waals surface area contributed by atoms with Crippen LogP contribution in [0.3, 0.4) is 0 Å². The van der Waals surface area contributed by atoms with Crippen LogP contribution in [0, 0.1) is 0 Å². The Labute approximate surface area is 175 Å². The number of carbonyl (C=O) groups is 2. The number of hydrogen-bond donors (Lipinski definition) is 1. The highest BCUT2D eigenvalue weighted by atomic mass is 16.5. The number of esters is 1. The number of hydrogen-bond acceptors (Lipinski definition) is 3. The number of allylic oxidation sites excluding steroid dienone is 5. The van der Waals surface area contributed by atoms with E-state index < -0.39 is 5.97 Å². The van der Waals surface area contributed by atoms with Crippen molar-refractivity contribution >= 4 is 11.9 Å². The molecule has 0 aliphatic rings. The molecule has 1 atom stereocenters. The predicted octanol–water partition coefficient (Wildman–Crippen LogP) is 6.50. The third-order valence-electron chi connectivity index (χ3n) is 4.39. The highest BCUT2D eigenvalue weighted by Gasteiger charge is 2.13. The van der Waals surface area contributed by atoms with E-state index in [2.05, 4.69) is 25.2 Å². The Morgan fingerprint density at radius 1 is 0.966 bits per heavy atom. The van der Waals surface area contributed by atoms with Crippen LogP contribution >= 0.6 is 0 Å². The predicted molar refractivity (Wildman–Crippen MR) is 118 cm³/mol. The Bertz CT molecular complexity index is 659. The molecule has 0 fully saturated rings. The Morgan fingerprint density at radius 3 is 2.41 bits per heavy atom. The van der Waals surface area contributed by atoms with E-state index in [0.717, 1.165) is 51.4 Å². The van der Waals surface area contributed by atoms with Crippen LogP contribution in [0.1, 0.15) is 75.1 Å². The maximum atomic E-state index is 12.4. The minimum absolute atomic E-state index is 0.236. The summed E-state index contributed by atoms with van der Waals surface area (Å²) in [6.07, 6.45) is 19.4. The molecular formula is C25H34O4. The first kappa shape index (κ1) is 24.4. The molecule has 1 unspecified atom stereocenters. The smallest absolute Gasteiger partial charge is 0.338 e. The van der Waals surface area contributed by atoms with Crippen molar-refractivity contribution in [2.75, 3.05) is 0 Å². The Morgan fingerprint density at radius 2 is 1.69 bits per heavy atom. The molecule has 0 aromatic heterocycles. The van der Waals surface area contributed by atoms with Gasteiger partial charge in [0.1, 0.15) is 6.10 Å². The van der Waals surface area contributed by atoms with Gasteiger partial charge in [0.2, 0.25) is 0 Å². The molecule has 1 aromatic rings. The van der Waals surface area contributed by atoms with Crippen molar-refractivity contribution in [1.82, 2.24) is 0 Å². The normalized spacial score (nSPS) is 12.7. The van der Waals surface area contributed by atoms with E-state index >= 15 is 0 Å². The van der Waals surface area contributed by atoms with E-state index in [4.69, 9.17) is 9.84 Å². The molecule has 0 saturated carbocycles. The zero-order chi connectivity index (χ0) is 21.2. The van der Waals surface area contributed by atoms with Gasteiger partial charge in [-0.15, -0.1) is 0 Å². The van der Waals surface area contributed by atoms with Crippen LogP contribution in [0.15, 0.2) is 66.8 Å². The summed E-state index contributed by atoms with van der Waals surface area (Å²) in [7, 11) is 0. The second-order valence-electron chi connectivity index (χ2n) is 6.94. The van der Waals surface area contributed by atoms with Gasteiger partial charge < -0.3 is 9.84 Å². The maximum absolute atomic E-state index is 12.4. The van der Waals surface area contributed by atoms with E-state index in [1.165, 1.54) is 0 Å². The van der Waals surface area contributed by atoms with Gasteiger partial charge >= 0.3 is 11.9 Å². The summed E-state index contributed by atoms with van der Waals surface area (Å²) in [5.74, 6) is -1.04. The average molecular weight is 399 g/mol. The molecule has 0 bridgehead atoms. The summed E-state index contributed by atoms with van der Waals surface area (Å²) < 4.78 is 5.69. The van der Waals surface area contributed by atoms with Gasteiger partial charge in [0.05, 0.1) is 5.56 Å². The van der Waals surface area contributed by atoms with Gasteiger partial charge in [-0.3, -0.25) is 4.79 Å². The summed E-state index contributed by atoms with van der Waals surface area (Å²) in [5, 5.41) is 8.66. The van der Waals surface area contributed by atoms with E-state index in [1.807, 2.05) is 36.4 Å². The highest BCUT2D eigenvalue weighted by molar-refractivity contribution is 5.89. The first-order valence-electron chi connectivity index (χ1n) is 10.6. The molecule has 0 aliphatic heterocycles. The summed E-state index contributed by atoms with van der Waals surface area (Å²) >= 11 is 0. The molecule has 29 heavy (non-hydrogen) atoms. The molecule has 1 rings (SSSR count). The monoisotopic (exact) mass is 398 g/mol. The number of carboxylic acids is 1. The molecule has 0 aliphatic carbocycles. The molecule has 0 amide bonds. The molecule has 0 saturated heterocycles. The lowest BCUT2D eigenvalue weighted by molar-refractivity contribution is -0.137. The van der Waals surface area contributed by atoms with E-state index in [-0.39, 0.29) is 18.5 Å². The molecule has 0 heterocycles. The minimum atomic E-state index is -0.735. The average Bonchev–Trinajstić information content (AvgIpc) is 2.72.